The van der Waals surface area contributed by atoms with E-state index in [-0.39, 0.29) is 0 Å². The fraction of sp³-hybridized carbons (Fsp3) is 0.714. The highest BCUT2D eigenvalue weighted by molar-refractivity contribution is 4.98. The van der Waals surface area contributed by atoms with Gasteiger partial charge in [-0.1, -0.05) is 18.9 Å². The second kappa shape index (κ2) is 1.90. The average Bonchev–Trinajstić information content (AvgIpc) is 2.17. The van der Waals surface area contributed by atoms with Crippen molar-refractivity contribution < 1.29 is 5.11 Å². The molecule has 1 nitrogen and oxygen atoms in total. The van der Waals surface area contributed by atoms with Crippen LogP contribution in [0, 0.1) is 0 Å². The highest BCUT2D eigenvalue weighted by Crippen LogP contribution is 2.29. The molecule has 46 valence electrons. The monoisotopic (exact) mass is 112 g/mol. The number of aliphatic hydroxyl groups is 1. The maximum Gasteiger partial charge on any atom is 0.0825 e. The van der Waals surface area contributed by atoms with Gasteiger partial charge in [-0.05, 0) is 12.8 Å². The van der Waals surface area contributed by atoms with Crippen molar-refractivity contribution >= 4 is 0 Å². The molecule has 0 aromatic heterocycles. The van der Waals surface area contributed by atoms with Gasteiger partial charge in [0.25, 0.3) is 0 Å². The first-order valence-corrected chi connectivity index (χ1v) is 3.13. The van der Waals surface area contributed by atoms with E-state index in [0.29, 0.717) is 0 Å². The fourth-order valence-electron chi connectivity index (χ4n) is 1.19. The standard InChI is InChI=1S/C7H12O/c1-2-7(8)5-3-4-6-7/h2,8H,1,3-6H2. The minimum absolute atomic E-state index is 0.500. The van der Waals surface area contributed by atoms with Gasteiger partial charge >= 0.3 is 0 Å². The maximum atomic E-state index is 9.38. The molecule has 0 bridgehead atoms. The molecule has 1 fully saturated rings. The van der Waals surface area contributed by atoms with Crippen LogP contribution >= 0.6 is 0 Å². The highest BCUT2D eigenvalue weighted by Gasteiger charge is 2.26. The third-order valence-corrected chi connectivity index (χ3v) is 1.85. The van der Waals surface area contributed by atoms with Gasteiger partial charge in [-0.15, -0.1) is 6.58 Å². The zero-order chi connectivity index (χ0) is 6.04. The van der Waals surface area contributed by atoms with Crippen LogP contribution in [0.2, 0.25) is 0 Å². The molecule has 1 N–H and O–H groups in total. The molecule has 0 amide bonds. The van der Waals surface area contributed by atoms with Crippen molar-refractivity contribution in [1.82, 2.24) is 0 Å². The van der Waals surface area contributed by atoms with Gasteiger partial charge in [0, 0.05) is 0 Å². The Bertz CT molecular complexity index is 90.6. The van der Waals surface area contributed by atoms with E-state index < -0.39 is 5.60 Å². The summed E-state index contributed by atoms with van der Waals surface area (Å²) in [5.74, 6) is 0. The Morgan fingerprint density at radius 2 is 1.88 bits per heavy atom. The molecule has 0 aromatic rings. The van der Waals surface area contributed by atoms with E-state index in [1.807, 2.05) is 0 Å². The predicted molar refractivity (Wildman–Crippen MR) is 33.6 cm³/mol. The van der Waals surface area contributed by atoms with Crippen LogP contribution in [-0.2, 0) is 0 Å². The third-order valence-electron chi connectivity index (χ3n) is 1.85. The van der Waals surface area contributed by atoms with E-state index in [9.17, 15) is 5.11 Å². The van der Waals surface area contributed by atoms with Crippen molar-refractivity contribution in [1.29, 1.82) is 0 Å². The van der Waals surface area contributed by atoms with Crippen LogP contribution in [-0.4, -0.2) is 10.7 Å². The smallest absolute Gasteiger partial charge is 0.0825 e. The van der Waals surface area contributed by atoms with E-state index in [0.717, 1.165) is 25.7 Å². The van der Waals surface area contributed by atoms with Gasteiger partial charge in [-0.25, -0.2) is 0 Å². The van der Waals surface area contributed by atoms with Crippen LogP contribution in [0.5, 0.6) is 0 Å². The molecule has 0 aromatic carbocycles. The second-order valence-electron chi connectivity index (χ2n) is 2.51. The molecule has 0 radical (unpaired) electrons. The Morgan fingerprint density at radius 3 is 2.12 bits per heavy atom. The summed E-state index contributed by atoms with van der Waals surface area (Å²) in [6, 6.07) is 0. The summed E-state index contributed by atoms with van der Waals surface area (Å²) in [6.07, 6.45) is 5.80. The number of hydrogen-bond acceptors (Lipinski definition) is 1. The molecule has 1 heteroatoms. The van der Waals surface area contributed by atoms with Crippen molar-refractivity contribution in [3.63, 3.8) is 0 Å². The maximum absolute atomic E-state index is 9.38. The molecule has 0 spiro atoms. The Kier molecular flexibility index (Phi) is 1.39. The molecule has 0 unspecified atom stereocenters. The van der Waals surface area contributed by atoms with Crippen molar-refractivity contribution in [2.24, 2.45) is 0 Å². The van der Waals surface area contributed by atoms with Gasteiger partial charge in [0.15, 0.2) is 0 Å². The molecule has 0 aliphatic heterocycles. The van der Waals surface area contributed by atoms with Crippen LogP contribution in [0.3, 0.4) is 0 Å². The van der Waals surface area contributed by atoms with Crippen LogP contribution in [0.1, 0.15) is 25.7 Å². The summed E-state index contributed by atoms with van der Waals surface area (Å²) in [5.41, 5.74) is -0.500. The quantitative estimate of drug-likeness (QED) is 0.509. The SMILES string of the molecule is C=CC1(O)CCCC1. The second-order valence-corrected chi connectivity index (χ2v) is 2.51. The topological polar surface area (TPSA) is 20.2 Å². The molecular weight excluding hydrogens is 100 g/mol. The lowest BCUT2D eigenvalue weighted by molar-refractivity contribution is 0.0996. The first-order chi connectivity index (χ1) is 3.77. The molecule has 8 heavy (non-hydrogen) atoms. The normalized spacial score (nSPS) is 25.6. The molecular formula is C7H12O. The lowest BCUT2D eigenvalue weighted by atomic mass is 10.0. The van der Waals surface area contributed by atoms with Gasteiger partial charge in [0.05, 0.1) is 5.60 Å². The minimum Gasteiger partial charge on any atom is -0.386 e. The van der Waals surface area contributed by atoms with Crippen molar-refractivity contribution in [3.05, 3.63) is 12.7 Å². The molecule has 0 heterocycles. The van der Waals surface area contributed by atoms with Gasteiger partial charge in [-0.2, -0.15) is 0 Å². The molecule has 1 saturated carbocycles. The van der Waals surface area contributed by atoms with E-state index in [1.54, 1.807) is 6.08 Å². The zero-order valence-corrected chi connectivity index (χ0v) is 5.06. The Morgan fingerprint density at radius 1 is 1.38 bits per heavy atom. The lowest BCUT2D eigenvalue weighted by Gasteiger charge is -2.14. The van der Waals surface area contributed by atoms with E-state index in [2.05, 4.69) is 6.58 Å². The summed E-state index contributed by atoms with van der Waals surface area (Å²) >= 11 is 0. The summed E-state index contributed by atoms with van der Waals surface area (Å²) in [7, 11) is 0. The largest absolute Gasteiger partial charge is 0.386 e. The van der Waals surface area contributed by atoms with Gasteiger partial charge in [0.1, 0.15) is 0 Å². The van der Waals surface area contributed by atoms with Gasteiger partial charge in [-0.3, -0.25) is 0 Å². The molecule has 1 aliphatic carbocycles. The number of rotatable bonds is 1. The average molecular weight is 112 g/mol. The number of hydrogen-bond donors (Lipinski definition) is 1. The fourth-order valence-corrected chi connectivity index (χ4v) is 1.19. The summed E-state index contributed by atoms with van der Waals surface area (Å²) < 4.78 is 0. The minimum atomic E-state index is -0.500. The summed E-state index contributed by atoms with van der Waals surface area (Å²) in [4.78, 5) is 0. The highest BCUT2D eigenvalue weighted by atomic mass is 16.3. The van der Waals surface area contributed by atoms with Crippen LogP contribution in [0.25, 0.3) is 0 Å². The van der Waals surface area contributed by atoms with Crippen molar-refractivity contribution in [3.8, 4) is 0 Å². The van der Waals surface area contributed by atoms with E-state index in [1.165, 1.54) is 0 Å². The molecule has 1 aliphatic rings. The first-order valence-electron chi connectivity index (χ1n) is 3.13. The molecule has 0 saturated heterocycles. The van der Waals surface area contributed by atoms with Crippen molar-refractivity contribution in [2.45, 2.75) is 31.3 Å². The third kappa shape index (κ3) is 0.920. The Balaban J connectivity index is 2.52. The van der Waals surface area contributed by atoms with Gasteiger partial charge < -0.3 is 5.11 Å². The summed E-state index contributed by atoms with van der Waals surface area (Å²) in [6.45, 7) is 3.56. The molecule has 0 atom stereocenters. The van der Waals surface area contributed by atoms with Crippen LogP contribution in [0.4, 0.5) is 0 Å². The first kappa shape index (κ1) is 5.83. The van der Waals surface area contributed by atoms with Crippen molar-refractivity contribution in [2.75, 3.05) is 0 Å². The Hall–Kier alpha value is -0.300. The molecule has 1 rings (SSSR count). The van der Waals surface area contributed by atoms with Crippen LogP contribution < -0.4 is 0 Å². The van der Waals surface area contributed by atoms with Gasteiger partial charge in [0.2, 0.25) is 0 Å². The summed E-state index contributed by atoms with van der Waals surface area (Å²) in [5, 5.41) is 9.38. The zero-order valence-electron chi connectivity index (χ0n) is 5.06. The Labute approximate surface area is 50.0 Å². The van der Waals surface area contributed by atoms with Crippen LogP contribution in [0.15, 0.2) is 12.7 Å². The lowest BCUT2D eigenvalue weighted by Crippen LogP contribution is -2.19. The van der Waals surface area contributed by atoms with E-state index >= 15 is 0 Å². The van der Waals surface area contributed by atoms with E-state index in [4.69, 9.17) is 0 Å². The predicted octanol–water partition coefficient (Wildman–Crippen LogP) is 1.48.